The molecule has 0 atom stereocenters. The molecular formula is C12H15N3OS. The molecule has 3 N–H and O–H groups in total. The fraction of sp³-hybridized carbons (Fsp3) is 0.250. The van der Waals surface area contributed by atoms with Crippen LogP contribution in [0.2, 0.25) is 0 Å². The van der Waals surface area contributed by atoms with Gasteiger partial charge in [-0.05, 0) is 23.9 Å². The number of guanidine groups is 1. The molecule has 0 bridgehead atoms. The lowest BCUT2D eigenvalue weighted by molar-refractivity contribution is 0.564. The average molecular weight is 249 g/mol. The van der Waals surface area contributed by atoms with Gasteiger partial charge >= 0.3 is 0 Å². The molecular weight excluding hydrogens is 234 g/mol. The lowest BCUT2D eigenvalue weighted by Crippen LogP contribution is -2.33. The van der Waals surface area contributed by atoms with Gasteiger partial charge in [0.15, 0.2) is 5.96 Å². The molecule has 17 heavy (non-hydrogen) atoms. The van der Waals surface area contributed by atoms with Crippen molar-refractivity contribution in [2.75, 3.05) is 6.54 Å². The summed E-state index contributed by atoms with van der Waals surface area (Å²) < 4.78 is 4.95. The summed E-state index contributed by atoms with van der Waals surface area (Å²) in [7, 11) is 0. The van der Waals surface area contributed by atoms with E-state index in [1.807, 2.05) is 6.07 Å². The van der Waals surface area contributed by atoms with Crippen LogP contribution in [0.25, 0.3) is 0 Å². The highest BCUT2D eigenvalue weighted by molar-refractivity contribution is 7.09. The van der Waals surface area contributed by atoms with E-state index in [9.17, 15) is 0 Å². The van der Waals surface area contributed by atoms with Crippen LogP contribution in [0.15, 0.2) is 45.5 Å². The first kappa shape index (κ1) is 11.7. The van der Waals surface area contributed by atoms with Crippen molar-refractivity contribution in [3.8, 4) is 0 Å². The molecule has 90 valence electrons. The smallest absolute Gasteiger partial charge is 0.188 e. The van der Waals surface area contributed by atoms with Crippen molar-refractivity contribution in [3.63, 3.8) is 0 Å². The Balaban J connectivity index is 1.70. The Kier molecular flexibility index (Phi) is 4.21. The second-order valence-corrected chi connectivity index (χ2v) is 4.62. The first-order chi connectivity index (χ1) is 8.34. The number of nitrogens with one attached hydrogen (secondary N) is 1. The average Bonchev–Trinajstić information content (AvgIpc) is 2.99. The summed E-state index contributed by atoms with van der Waals surface area (Å²) in [5, 5.41) is 5.16. The molecule has 0 unspecified atom stereocenters. The van der Waals surface area contributed by atoms with Crippen LogP contribution < -0.4 is 11.1 Å². The van der Waals surface area contributed by atoms with E-state index >= 15 is 0 Å². The van der Waals surface area contributed by atoms with Gasteiger partial charge < -0.3 is 15.5 Å². The van der Waals surface area contributed by atoms with Crippen molar-refractivity contribution >= 4 is 17.3 Å². The highest BCUT2D eigenvalue weighted by Crippen LogP contribution is 2.08. The molecule has 2 heterocycles. The molecule has 0 fully saturated rings. The van der Waals surface area contributed by atoms with Crippen LogP contribution in [0.5, 0.6) is 0 Å². The van der Waals surface area contributed by atoms with Crippen LogP contribution in [-0.2, 0) is 13.0 Å². The standard InChI is InChI=1S/C12H15N3OS/c13-12(15-8-10-4-6-16-9-10)14-5-3-11-2-1-7-17-11/h1-2,4,6-7,9H,3,5,8H2,(H3,13,14,15). The zero-order valence-electron chi connectivity index (χ0n) is 9.43. The number of nitrogens with two attached hydrogens (primary N) is 1. The van der Waals surface area contributed by atoms with Crippen LogP contribution in [-0.4, -0.2) is 12.5 Å². The van der Waals surface area contributed by atoms with Gasteiger partial charge in [0.2, 0.25) is 0 Å². The monoisotopic (exact) mass is 249 g/mol. The topological polar surface area (TPSA) is 63.5 Å². The highest BCUT2D eigenvalue weighted by Gasteiger charge is 1.96. The van der Waals surface area contributed by atoms with Gasteiger partial charge in [-0.3, -0.25) is 0 Å². The quantitative estimate of drug-likeness (QED) is 0.629. The largest absolute Gasteiger partial charge is 0.472 e. The molecule has 0 aliphatic rings. The molecule has 2 rings (SSSR count). The maximum absolute atomic E-state index is 5.74. The Morgan fingerprint density at radius 3 is 3.12 bits per heavy atom. The zero-order valence-corrected chi connectivity index (χ0v) is 10.2. The van der Waals surface area contributed by atoms with Crippen LogP contribution in [0, 0.1) is 0 Å². The third-order valence-electron chi connectivity index (χ3n) is 2.27. The molecule has 0 amide bonds. The van der Waals surface area contributed by atoms with E-state index in [4.69, 9.17) is 10.2 Å². The first-order valence-electron chi connectivity index (χ1n) is 5.42. The summed E-state index contributed by atoms with van der Waals surface area (Å²) >= 11 is 1.75. The number of rotatable bonds is 5. The van der Waals surface area contributed by atoms with Gasteiger partial charge in [0.05, 0.1) is 19.1 Å². The van der Waals surface area contributed by atoms with E-state index in [-0.39, 0.29) is 0 Å². The predicted molar refractivity (Wildman–Crippen MR) is 70.1 cm³/mol. The summed E-state index contributed by atoms with van der Waals surface area (Å²) in [5.41, 5.74) is 6.76. The summed E-state index contributed by atoms with van der Waals surface area (Å²) in [6, 6.07) is 6.05. The van der Waals surface area contributed by atoms with E-state index in [2.05, 4.69) is 27.8 Å². The minimum Gasteiger partial charge on any atom is -0.472 e. The molecule has 0 saturated heterocycles. The SMILES string of the molecule is NC(=NCc1ccoc1)NCCc1cccs1. The van der Waals surface area contributed by atoms with Crippen molar-refractivity contribution in [3.05, 3.63) is 46.5 Å². The van der Waals surface area contributed by atoms with Crippen molar-refractivity contribution in [1.82, 2.24) is 5.32 Å². The Morgan fingerprint density at radius 1 is 1.47 bits per heavy atom. The lowest BCUT2D eigenvalue weighted by Gasteiger charge is -2.03. The van der Waals surface area contributed by atoms with Gasteiger partial charge in [-0.25, -0.2) is 4.99 Å². The van der Waals surface area contributed by atoms with Crippen molar-refractivity contribution in [2.24, 2.45) is 10.7 Å². The minimum atomic E-state index is 0.475. The second kappa shape index (κ2) is 6.10. The summed E-state index contributed by atoms with van der Waals surface area (Å²) in [6.45, 7) is 1.36. The molecule has 2 aromatic heterocycles. The number of nitrogens with zero attached hydrogens (tertiary/aromatic N) is 1. The van der Waals surface area contributed by atoms with Crippen LogP contribution in [0.1, 0.15) is 10.4 Å². The Labute approximate surface area is 104 Å². The number of furan rings is 1. The third-order valence-corrected chi connectivity index (χ3v) is 3.21. The summed E-state index contributed by atoms with van der Waals surface area (Å²) in [6.07, 6.45) is 4.27. The second-order valence-electron chi connectivity index (χ2n) is 3.59. The van der Waals surface area contributed by atoms with Gasteiger partial charge in [0, 0.05) is 17.0 Å². The Morgan fingerprint density at radius 2 is 2.41 bits per heavy atom. The number of hydrogen-bond donors (Lipinski definition) is 2. The van der Waals surface area contributed by atoms with E-state index in [0.717, 1.165) is 18.5 Å². The van der Waals surface area contributed by atoms with Crippen LogP contribution in [0.3, 0.4) is 0 Å². The molecule has 4 nitrogen and oxygen atoms in total. The molecule has 0 aliphatic carbocycles. The molecule has 5 heteroatoms. The van der Waals surface area contributed by atoms with E-state index in [1.165, 1.54) is 4.88 Å². The van der Waals surface area contributed by atoms with Crippen molar-refractivity contribution < 1.29 is 4.42 Å². The fourth-order valence-electron chi connectivity index (χ4n) is 1.38. The maximum atomic E-state index is 5.74. The molecule has 2 aromatic rings. The van der Waals surface area contributed by atoms with Crippen LogP contribution in [0.4, 0.5) is 0 Å². The summed E-state index contributed by atoms with van der Waals surface area (Å²) in [5.74, 6) is 0.475. The number of thiophene rings is 1. The zero-order chi connectivity index (χ0) is 11.9. The molecule has 0 aromatic carbocycles. The van der Waals surface area contributed by atoms with E-state index in [1.54, 1.807) is 23.9 Å². The van der Waals surface area contributed by atoms with Gasteiger partial charge in [-0.1, -0.05) is 6.07 Å². The predicted octanol–water partition coefficient (Wildman–Crippen LogP) is 1.99. The molecule has 0 spiro atoms. The Hall–Kier alpha value is -1.75. The van der Waals surface area contributed by atoms with E-state index in [0.29, 0.717) is 12.5 Å². The molecule has 0 aliphatic heterocycles. The lowest BCUT2D eigenvalue weighted by atomic mass is 10.3. The Bertz CT molecular complexity index is 448. The van der Waals surface area contributed by atoms with Gasteiger partial charge in [0.1, 0.15) is 0 Å². The number of aliphatic imine (C=N–C) groups is 1. The van der Waals surface area contributed by atoms with Crippen LogP contribution >= 0.6 is 11.3 Å². The fourth-order valence-corrected chi connectivity index (χ4v) is 2.09. The van der Waals surface area contributed by atoms with Gasteiger partial charge in [0.25, 0.3) is 0 Å². The van der Waals surface area contributed by atoms with Crippen molar-refractivity contribution in [1.29, 1.82) is 0 Å². The van der Waals surface area contributed by atoms with Crippen molar-refractivity contribution in [2.45, 2.75) is 13.0 Å². The normalized spacial score (nSPS) is 11.6. The maximum Gasteiger partial charge on any atom is 0.188 e. The van der Waals surface area contributed by atoms with E-state index < -0.39 is 0 Å². The molecule has 0 radical (unpaired) electrons. The number of hydrogen-bond acceptors (Lipinski definition) is 3. The minimum absolute atomic E-state index is 0.475. The first-order valence-corrected chi connectivity index (χ1v) is 6.30. The van der Waals surface area contributed by atoms with Gasteiger partial charge in [-0.2, -0.15) is 0 Å². The summed E-state index contributed by atoms with van der Waals surface area (Å²) in [4.78, 5) is 5.56. The third kappa shape index (κ3) is 3.96. The van der Waals surface area contributed by atoms with Gasteiger partial charge in [-0.15, -0.1) is 11.3 Å². The molecule has 0 saturated carbocycles. The highest BCUT2D eigenvalue weighted by atomic mass is 32.1.